The maximum Gasteiger partial charge on any atom is 0.246 e. The smallest absolute Gasteiger partial charge is 0.246 e. The van der Waals surface area contributed by atoms with Crippen LogP contribution in [0.5, 0.6) is 0 Å². The summed E-state index contributed by atoms with van der Waals surface area (Å²) in [6.45, 7) is 27.2. The van der Waals surface area contributed by atoms with Crippen LogP contribution >= 0.6 is 0 Å². The third-order valence-corrected chi connectivity index (χ3v) is 16.3. The molecular formula is C62H110N14O12. The number of aliphatic hydroxyl groups excluding tert-OH is 1. The van der Waals surface area contributed by atoms with Crippen molar-refractivity contribution in [1.82, 2.24) is 55.6 Å². The molecular weight excluding hydrogens is 1130 g/mol. The highest BCUT2D eigenvalue weighted by Gasteiger charge is 2.45. The van der Waals surface area contributed by atoms with Crippen LogP contribution in [-0.2, 0) is 52.7 Å². The van der Waals surface area contributed by atoms with Crippen molar-refractivity contribution in [3.8, 4) is 0 Å². The molecule has 1 fully saturated rings. The van der Waals surface area contributed by atoms with Gasteiger partial charge in [-0.05, 0) is 99.3 Å². The molecule has 0 unspecified atom stereocenters. The Kier molecular flexibility index (Phi) is 32.9. The lowest BCUT2D eigenvalue weighted by Crippen LogP contribution is -2.63. The Hall–Kier alpha value is -6.82. The molecule has 0 saturated carbocycles. The highest BCUT2D eigenvalue weighted by atomic mass is 16.3. The van der Waals surface area contributed by atoms with E-state index in [4.69, 9.17) is 5.53 Å². The van der Waals surface area contributed by atoms with Gasteiger partial charge in [0.1, 0.15) is 60.4 Å². The number of aliphatic hydroxyl groups is 1. The molecule has 0 spiro atoms. The average Bonchev–Trinajstić information content (AvgIpc) is 3.66. The highest BCUT2D eigenvalue weighted by Crippen LogP contribution is 2.26. The summed E-state index contributed by atoms with van der Waals surface area (Å²) in [4.78, 5) is 172. The minimum atomic E-state index is -1.69. The Bertz CT molecular complexity index is 2480. The second-order valence-corrected chi connectivity index (χ2v) is 26.4. The Morgan fingerprint density at radius 3 is 1.40 bits per heavy atom. The first-order valence-electron chi connectivity index (χ1n) is 31.1. The van der Waals surface area contributed by atoms with Crippen LogP contribution < -0.4 is 21.3 Å². The Balaban J connectivity index is 4.35. The number of carbonyl (C=O) groups is 11. The van der Waals surface area contributed by atoms with E-state index >= 15 is 9.59 Å². The monoisotopic (exact) mass is 1240 g/mol. The van der Waals surface area contributed by atoms with Gasteiger partial charge in [-0.1, -0.05) is 114 Å². The summed E-state index contributed by atoms with van der Waals surface area (Å²) >= 11 is 0. The van der Waals surface area contributed by atoms with Crippen molar-refractivity contribution in [2.75, 3.05) is 62.4 Å². The van der Waals surface area contributed by atoms with Crippen molar-refractivity contribution in [2.45, 2.75) is 216 Å². The largest absolute Gasteiger partial charge is 0.390 e. The first-order chi connectivity index (χ1) is 40.7. The number of likely N-dealkylation sites (N-methyl/N-ethyl adjacent to an activating group) is 7. The molecule has 5 N–H and O–H groups in total. The second-order valence-electron chi connectivity index (χ2n) is 26.4. The maximum atomic E-state index is 15.2. The Morgan fingerprint density at radius 2 is 0.932 bits per heavy atom. The molecule has 1 rings (SSSR count). The molecule has 0 aromatic heterocycles. The van der Waals surface area contributed by atoms with Gasteiger partial charge in [-0.15, -0.1) is 0 Å². The number of hydrogen-bond acceptors (Lipinski definition) is 13. The fourth-order valence-electron chi connectivity index (χ4n) is 10.8. The van der Waals surface area contributed by atoms with Crippen molar-refractivity contribution in [2.24, 2.45) is 46.5 Å². The number of carbonyl (C=O) groups excluding carboxylic acids is 11. The molecule has 0 aromatic rings. The van der Waals surface area contributed by atoms with Gasteiger partial charge in [0.25, 0.3) is 0 Å². The van der Waals surface area contributed by atoms with Crippen LogP contribution in [0.25, 0.3) is 10.4 Å². The molecule has 88 heavy (non-hydrogen) atoms. The quantitative estimate of drug-likeness (QED) is 0.0604. The number of nitrogens with zero attached hydrogens (tertiary/aromatic N) is 10. The summed E-state index contributed by atoms with van der Waals surface area (Å²) in [7, 11) is 9.77. The summed E-state index contributed by atoms with van der Waals surface area (Å²) < 4.78 is 0. The van der Waals surface area contributed by atoms with Crippen LogP contribution in [0, 0.1) is 41.4 Å². The van der Waals surface area contributed by atoms with E-state index in [-0.39, 0.29) is 68.7 Å². The van der Waals surface area contributed by atoms with E-state index < -0.39 is 156 Å². The summed E-state index contributed by atoms with van der Waals surface area (Å²) in [5.41, 5.74) is 8.79. The van der Waals surface area contributed by atoms with Crippen molar-refractivity contribution in [3.63, 3.8) is 0 Å². The van der Waals surface area contributed by atoms with Gasteiger partial charge in [0.2, 0.25) is 65.0 Å². The molecule has 0 bridgehead atoms. The summed E-state index contributed by atoms with van der Waals surface area (Å²) in [6.07, 6.45) is 2.30. The average molecular weight is 1240 g/mol. The molecule has 500 valence electrons. The topological polar surface area (TPSA) is 328 Å². The number of rotatable bonds is 17. The molecule has 1 heterocycles. The predicted molar refractivity (Wildman–Crippen MR) is 337 cm³/mol. The second kappa shape index (κ2) is 36.6. The number of azide groups is 1. The van der Waals surface area contributed by atoms with E-state index in [1.807, 2.05) is 55.4 Å². The predicted octanol–water partition coefficient (Wildman–Crippen LogP) is 3.56. The van der Waals surface area contributed by atoms with Gasteiger partial charge < -0.3 is 60.7 Å². The zero-order chi connectivity index (χ0) is 68.1. The molecule has 12 atom stereocenters. The maximum absolute atomic E-state index is 15.2. The minimum absolute atomic E-state index is 0.0123. The van der Waals surface area contributed by atoms with E-state index in [1.165, 1.54) is 87.7 Å². The molecule has 1 saturated heterocycles. The summed E-state index contributed by atoms with van der Waals surface area (Å²) in [5, 5.41) is 26.6. The number of hydrogen-bond donors (Lipinski definition) is 5. The molecule has 11 amide bonds. The van der Waals surface area contributed by atoms with Gasteiger partial charge in [0.05, 0.1) is 12.6 Å². The van der Waals surface area contributed by atoms with Crippen LogP contribution in [0.3, 0.4) is 0 Å². The molecule has 26 heteroatoms. The zero-order valence-electron chi connectivity index (χ0n) is 57.1. The van der Waals surface area contributed by atoms with E-state index in [0.717, 1.165) is 9.80 Å². The van der Waals surface area contributed by atoms with E-state index in [9.17, 15) is 48.3 Å². The molecule has 1 aliphatic rings. The fourth-order valence-corrected chi connectivity index (χ4v) is 10.8. The van der Waals surface area contributed by atoms with Crippen LogP contribution in [0.15, 0.2) is 17.3 Å². The zero-order valence-corrected chi connectivity index (χ0v) is 57.1. The van der Waals surface area contributed by atoms with Gasteiger partial charge >= 0.3 is 0 Å². The van der Waals surface area contributed by atoms with Crippen LogP contribution in [0.2, 0.25) is 0 Å². The van der Waals surface area contributed by atoms with E-state index in [0.29, 0.717) is 0 Å². The first-order valence-corrected chi connectivity index (χ1v) is 31.1. The van der Waals surface area contributed by atoms with Crippen molar-refractivity contribution in [3.05, 3.63) is 22.6 Å². The lowest BCUT2D eigenvalue weighted by molar-refractivity contribution is -0.157. The van der Waals surface area contributed by atoms with Gasteiger partial charge in [0.15, 0.2) is 0 Å². The van der Waals surface area contributed by atoms with Gasteiger partial charge in [0, 0.05) is 60.8 Å². The van der Waals surface area contributed by atoms with Gasteiger partial charge in [-0.3, -0.25) is 52.7 Å². The van der Waals surface area contributed by atoms with Crippen molar-refractivity contribution < 1.29 is 57.8 Å². The summed E-state index contributed by atoms with van der Waals surface area (Å²) in [5.74, 6) is -10.3. The molecule has 0 radical (unpaired) electrons. The Labute approximate surface area is 524 Å². The normalized spacial score (nSPS) is 26.2. The minimum Gasteiger partial charge on any atom is -0.390 e. The van der Waals surface area contributed by atoms with E-state index in [1.54, 1.807) is 53.7 Å². The Morgan fingerprint density at radius 1 is 0.500 bits per heavy atom. The van der Waals surface area contributed by atoms with Gasteiger partial charge in [-0.2, -0.15) is 0 Å². The lowest BCUT2D eigenvalue weighted by Gasteiger charge is -2.41. The van der Waals surface area contributed by atoms with Crippen molar-refractivity contribution >= 4 is 65.0 Å². The molecule has 0 aliphatic carbocycles. The van der Waals surface area contributed by atoms with Crippen LogP contribution in [0.1, 0.15) is 149 Å². The fraction of sp³-hybridized carbons (Fsp3) is 0.790. The summed E-state index contributed by atoms with van der Waals surface area (Å²) in [6, 6.07) is -12.6. The molecule has 26 nitrogen and oxygen atoms in total. The van der Waals surface area contributed by atoms with Crippen LogP contribution in [-0.4, -0.2) is 233 Å². The van der Waals surface area contributed by atoms with Crippen molar-refractivity contribution in [1.29, 1.82) is 0 Å². The molecule has 1 aliphatic heterocycles. The standard InChI is InChI=1S/C62H110N14O12/c1-24-43-58(84)70(17)33-48(77)71(18)44(29-34(2)3)55(81)68-49(38(10)11)61(87)72(19)45(30-35(4)5)54(80)65-41(15)53(79)66-42(16)57(83)73(20)46(31-36(6)7)59(85)74(21)47(32-37(8)9)60(86)75(22)50(39(12)13)62(88)76(23)51(56(82)67-43)52(78)40(14)27-25-26-28-64-69-63/h25-26,34-47,49-52,78H,24,27-33H2,1-23H3,(H,65,80)(H,66,79)(H,67,82)(H,68,81)/b26-25+/t40-,41+,42-,43+,44+,45+,46+,47+,49+,50+,51+,52-/m1/s1. The highest BCUT2D eigenvalue weighted by molar-refractivity contribution is 5.99. The van der Waals surface area contributed by atoms with E-state index in [2.05, 4.69) is 31.3 Å². The van der Waals surface area contributed by atoms with Gasteiger partial charge in [-0.25, -0.2) is 0 Å². The number of amides is 11. The first kappa shape index (κ1) is 79.2. The number of allylic oxidation sites excluding steroid dienone is 1. The molecule has 0 aromatic carbocycles. The SMILES string of the molecule is CC[C@@H]1NC(=O)[C@H]([C@H](O)[C@H](C)C/C=C/CN=[N+]=[N-])N(C)C(=O)[C@H](C(C)C)N(C)C(=O)[C@H](CC(C)C)N(C)C(=O)[C@H](CC(C)C)N(C)C(=O)[C@@H](C)NC(=O)[C@H](C)NC(=O)[C@H](CC(C)C)N(C)C(=O)[C@H](C(C)C)NC(=O)[C@H](CC(C)C)N(C)C(=O)CN(C)C1=O. The third kappa shape index (κ3) is 22.6. The lowest BCUT2D eigenvalue weighted by atomic mass is 9.91. The number of nitrogens with one attached hydrogen (secondary N) is 4. The van der Waals surface area contributed by atoms with Crippen LogP contribution in [0.4, 0.5) is 0 Å². The third-order valence-electron chi connectivity index (χ3n) is 16.3.